The van der Waals surface area contributed by atoms with Crippen molar-refractivity contribution in [3.63, 3.8) is 0 Å². The van der Waals surface area contributed by atoms with Crippen LogP contribution in [0.5, 0.6) is 0 Å². The molecule has 1 aromatic heterocycles. The molecule has 0 bridgehead atoms. The maximum Gasteiger partial charge on any atom is 0.412 e. The number of rotatable bonds is 3. The number of nitrogens with zero attached hydrogens (tertiary/aromatic N) is 1. The summed E-state index contributed by atoms with van der Waals surface area (Å²) in [7, 11) is 0. The van der Waals surface area contributed by atoms with E-state index in [-0.39, 0.29) is 0 Å². The van der Waals surface area contributed by atoms with E-state index in [1.807, 2.05) is 19.9 Å². The summed E-state index contributed by atoms with van der Waals surface area (Å²) >= 11 is 1.30. The molecule has 0 aliphatic carbocycles. The summed E-state index contributed by atoms with van der Waals surface area (Å²) in [5, 5.41) is 13.5. The van der Waals surface area contributed by atoms with Crippen LogP contribution in [0.3, 0.4) is 0 Å². The molecule has 15 heavy (non-hydrogen) atoms. The second kappa shape index (κ2) is 5.37. The SMILES string of the molecule is CC(C)COC(=O)Nc1sccc1C#N. The minimum absolute atomic E-state index is 0.300. The second-order valence-corrected chi connectivity index (χ2v) is 4.31. The summed E-state index contributed by atoms with van der Waals surface area (Å²) in [6.45, 7) is 4.29. The van der Waals surface area contributed by atoms with Crippen molar-refractivity contribution in [3.05, 3.63) is 17.0 Å². The van der Waals surface area contributed by atoms with E-state index >= 15 is 0 Å². The zero-order chi connectivity index (χ0) is 11.3. The molecule has 5 heteroatoms. The predicted molar refractivity (Wildman–Crippen MR) is 58.8 cm³/mol. The molecular formula is C10H12N2O2S. The zero-order valence-electron chi connectivity index (χ0n) is 8.61. The number of anilines is 1. The summed E-state index contributed by atoms with van der Waals surface area (Å²) in [6, 6.07) is 3.64. The highest BCUT2D eigenvalue weighted by Crippen LogP contribution is 2.22. The van der Waals surface area contributed by atoms with Crippen LogP contribution in [0.25, 0.3) is 0 Å². The highest BCUT2D eigenvalue weighted by molar-refractivity contribution is 7.14. The Hall–Kier alpha value is -1.54. The molecule has 1 rings (SSSR count). The van der Waals surface area contributed by atoms with E-state index in [1.54, 1.807) is 11.4 Å². The van der Waals surface area contributed by atoms with Crippen LogP contribution in [0.4, 0.5) is 9.80 Å². The summed E-state index contributed by atoms with van der Waals surface area (Å²) in [6.07, 6.45) is -0.511. The molecule has 0 fully saturated rings. The van der Waals surface area contributed by atoms with Gasteiger partial charge in [0.2, 0.25) is 0 Å². The maximum atomic E-state index is 11.2. The van der Waals surface area contributed by atoms with Crippen LogP contribution >= 0.6 is 11.3 Å². The van der Waals surface area contributed by atoms with Gasteiger partial charge in [-0.15, -0.1) is 11.3 Å². The molecule has 0 atom stereocenters. The predicted octanol–water partition coefficient (Wildman–Crippen LogP) is 2.82. The lowest BCUT2D eigenvalue weighted by Crippen LogP contribution is -2.16. The normalized spacial score (nSPS) is 9.73. The van der Waals surface area contributed by atoms with E-state index in [2.05, 4.69) is 5.32 Å². The zero-order valence-corrected chi connectivity index (χ0v) is 9.43. The molecule has 0 spiro atoms. The fraction of sp³-hybridized carbons (Fsp3) is 0.400. The Morgan fingerprint density at radius 2 is 2.47 bits per heavy atom. The van der Waals surface area contributed by atoms with E-state index in [1.165, 1.54) is 11.3 Å². The summed E-state index contributed by atoms with van der Waals surface area (Å²) in [5.74, 6) is 0.300. The van der Waals surface area contributed by atoms with Crippen LogP contribution in [0.15, 0.2) is 11.4 Å². The number of nitrogens with one attached hydrogen (secondary N) is 1. The number of hydrogen-bond donors (Lipinski definition) is 1. The molecule has 4 nitrogen and oxygen atoms in total. The van der Waals surface area contributed by atoms with Gasteiger partial charge in [-0.2, -0.15) is 5.26 Å². The first kappa shape index (κ1) is 11.5. The van der Waals surface area contributed by atoms with Crippen LogP contribution in [0.1, 0.15) is 19.4 Å². The Bertz CT molecular complexity index is 379. The van der Waals surface area contributed by atoms with Gasteiger partial charge in [-0.1, -0.05) is 13.8 Å². The van der Waals surface area contributed by atoms with Gasteiger partial charge >= 0.3 is 6.09 Å². The van der Waals surface area contributed by atoms with Crippen molar-refractivity contribution >= 4 is 22.4 Å². The maximum absolute atomic E-state index is 11.2. The minimum Gasteiger partial charge on any atom is -0.449 e. The lowest BCUT2D eigenvalue weighted by molar-refractivity contribution is 0.147. The number of ether oxygens (including phenoxy) is 1. The number of nitriles is 1. The van der Waals surface area contributed by atoms with Crippen molar-refractivity contribution < 1.29 is 9.53 Å². The molecule has 0 aliphatic heterocycles. The van der Waals surface area contributed by atoms with Gasteiger partial charge in [0, 0.05) is 0 Å². The van der Waals surface area contributed by atoms with Crippen LogP contribution in [-0.4, -0.2) is 12.7 Å². The van der Waals surface area contributed by atoms with E-state index < -0.39 is 6.09 Å². The quantitative estimate of drug-likeness (QED) is 0.858. The van der Waals surface area contributed by atoms with Crippen LogP contribution in [-0.2, 0) is 4.74 Å². The van der Waals surface area contributed by atoms with Gasteiger partial charge in [-0.05, 0) is 17.4 Å². The van der Waals surface area contributed by atoms with Gasteiger partial charge in [0.25, 0.3) is 0 Å². The van der Waals surface area contributed by atoms with E-state index in [0.717, 1.165) is 0 Å². The Morgan fingerprint density at radius 3 is 3.07 bits per heavy atom. The lowest BCUT2D eigenvalue weighted by Gasteiger charge is -2.07. The van der Waals surface area contributed by atoms with Gasteiger partial charge in [0.05, 0.1) is 12.2 Å². The first-order valence-electron chi connectivity index (χ1n) is 4.55. The molecule has 0 unspecified atom stereocenters. The summed E-state index contributed by atoms with van der Waals surface area (Å²) in [5.41, 5.74) is 0.460. The molecule has 1 heterocycles. The second-order valence-electron chi connectivity index (χ2n) is 3.39. The topological polar surface area (TPSA) is 62.1 Å². The molecule has 0 aliphatic rings. The van der Waals surface area contributed by atoms with Crippen molar-refractivity contribution in [2.75, 3.05) is 11.9 Å². The number of hydrogen-bond acceptors (Lipinski definition) is 4. The third-order valence-corrected chi connectivity index (χ3v) is 2.38. The monoisotopic (exact) mass is 224 g/mol. The Morgan fingerprint density at radius 1 is 1.73 bits per heavy atom. The summed E-state index contributed by atoms with van der Waals surface area (Å²) in [4.78, 5) is 11.2. The van der Waals surface area contributed by atoms with E-state index in [9.17, 15) is 4.79 Å². The van der Waals surface area contributed by atoms with Gasteiger partial charge in [0.15, 0.2) is 0 Å². The molecule has 80 valence electrons. The smallest absolute Gasteiger partial charge is 0.412 e. The fourth-order valence-corrected chi connectivity index (χ4v) is 1.59. The highest BCUT2D eigenvalue weighted by Gasteiger charge is 2.09. The van der Waals surface area contributed by atoms with Crippen molar-refractivity contribution in [3.8, 4) is 6.07 Å². The number of carbonyl (C=O) groups is 1. The molecule has 0 radical (unpaired) electrons. The fourth-order valence-electron chi connectivity index (χ4n) is 0.865. The average molecular weight is 224 g/mol. The number of thiophene rings is 1. The third kappa shape index (κ3) is 3.60. The number of amides is 1. The van der Waals surface area contributed by atoms with E-state index in [0.29, 0.717) is 23.1 Å². The van der Waals surface area contributed by atoms with Crippen LogP contribution in [0, 0.1) is 17.2 Å². The molecular weight excluding hydrogens is 212 g/mol. The first-order chi connectivity index (χ1) is 7.13. The Kier molecular flexibility index (Phi) is 4.13. The first-order valence-corrected chi connectivity index (χ1v) is 5.42. The molecule has 0 aromatic carbocycles. The van der Waals surface area contributed by atoms with Crippen LogP contribution < -0.4 is 5.32 Å². The molecule has 1 aromatic rings. The van der Waals surface area contributed by atoms with Crippen molar-refractivity contribution in [1.29, 1.82) is 5.26 Å². The van der Waals surface area contributed by atoms with Crippen molar-refractivity contribution in [2.45, 2.75) is 13.8 Å². The van der Waals surface area contributed by atoms with Gasteiger partial charge in [-0.3, -0.25) is 5.32 Å². The third-order valence-electron chi connectivity index (χ3n) is 1.55. The molecule has 1 N–H and O–H groups in total. The Labute approximate surface area is 92.5 Å². The average Bonchev–Trinajstić information content (AvgIpc) is 2.62. The van der Waals surface area contributed by atoms with Gasteiger partial charge < -0.3 is 4.74 Å². The highest BCUT2D eigenvalue weighted by atomic mass is 32.1. The molecule has 1 amide bonds. The minimum atomic E-state index is -0.511. The van der Waals surface area contributed by atoms with E-state index in [4.69, 9.17) is 10.00 Å². The molecule has 0 saturated carbocycles. The van der Waals surface area contributed by atoms with Crippen LogP contribution in [0.2, 0.25) is 0 Å². The van der Waals surface area contributed by atoms with Gasteiger partial charge in [-0.25, -0.2) is 4.79 Å². The largest absolute Gasteiger partial charge is 0.449 e. The number of carbonyl (C=O) groups excluding carboxylic acids is 1. The van der Waals surface area contributed by atoms with Gasteiger partial charge in [0.1, 0.15) is 11.1 Å². The molecule has 0 saturated heterocycles. The van der Waals surface area contributed by atoms with Crippen molar-refractivity contribution in [2.24, 2.45) is 5.92 Å². The summed E-state index contributed by atoms with van der Waals surface area (Å²) < 4.78 is 4.92. The Balaban J connectivity index is 2.49. The standard InChI is InChI=1S/C10H12N2O2S/c1-7(2)6-14-10(13)12-9-8(5-11)3-4-15-9/h3-4,7H,6H2,1-2H3,(H,12,13). The van der Waals surface area contributed by atoms with Crippen molar-refractivity contribution in [1.82, 2.24) is 0 Å². The lowest BCUT2D eigenvalue weighted by atomic mass is 10.2.